The van der Waals surface area contributed by atoms with Gasteiger partial charge in [-0.15, -0.1) is 0 Å². The number of rotatable bonds is 13. The van der Waals surface area contributed by atoms with Crippen LogP contribution in [0.15, 0.2) is 24.3 Å². The molecule has 1 aromatic rings. The zero-order valence-corrected chi connectivity index (χ0v) is 16.0. The van der Waals surface area contributed by atoms with Gasteiger partial charge in [0.1, 0.15) is 0 Å². The third kappa shape index (κ3) is 9.10. The van der Waals surface area contributed by atoms with Gasteiger partial charge in [0.05, 0.1) is 11.7 Å². The van der Waals surface area contributed by atoms with Gasteiger partial charge in [-0.3, -0.25) is 0 Å². The van der Waals surface area contributed by atoms with Crippen LogP contribution in [0.4, 0.5) is 0 Å². The molecule has 1 unspecified atom stereocenters. The van der Waals surface area contributed by atoms with Crippen molar-refractivity contribution in [3.8, 4) is 0 Å². The van der Waals surface area contributed by atoms with Crippen LogP contribution in [-0.2, 0) is 4.74 Å². The highest BCUT2D eigenvalue weighted by molar-refractivity contribution is 5.91. The van der Waals surface area contributed by atoms with E-state index in [0.717, 1.165) is 18.4 Å². The van der Waals surface area contributed by atoms with E-state index in [2.05, 4.69) is 6.92 Å². The summed E-state index contributed by atoms with van der Waals surface area (Å²) >= 11 is 0. The summed E-state index contributed by atoms with van der Waals surface area (Å²) in [5.74, 6) is -0.187. The maximum atomic E-state index is 12.1. The average Bonchev–Trinajstić information content (AvgIpc) is 2.57. The molecule has 0 saturated heterocycles. The molecular weight excluding hydrogens is 296 g/mol. The van der Waals surface area contributed by atoms with Gasteiger partial charge in [0, 0.05) is 0 Å². The lowest BCUT2D eigenvalue weighted by Crippen LogP contribution is -2.15. The molecule has 2 nitrogen and oxygen atoms in total. The maximum Gasteiger partial charge on any atom is 0.338 e. The van der Waals surface area contributed by atoms with Crippen molar-refractivity contribution in [3.63, 3.8) is 0 Å². The zero-order chi connectivity index (χ0) is 17.6. The molecule has 0 aliphatic heterocycles. The van der Waals surface area contributed by atoms with E-state index >= 15 is 0 Å². The number of benzene rings is 1. The Bertz CT molecular complexity index is 453. The summed E-state index contributed by atoms with van der Waals surface area (Å²) in [5.41, 5.74) is 1.67. The highest BCUT2D eigenvalue weighted by atomic mass is 16.5. The monoisotopic (exact) mass is 332 g/mol. The summed E-state index contributed by atoms with van der Waals surface area (Å²) in [7, 11) is 0. The fourth-order valence-electron chi connectivity index (χ4n) is 3.03. The van der Waals surface area contributed by atoms with Crippen LogP contribution in [0.2, 0.25) is 0 Å². The van der Waals surface area contributed by atoms with Crippen molar-refractivity contribution in [2.45, 2.75) is 97.5 Å². The molecule has 0 aromatic heterocycles. The molecule has 0 saturated carbocycles. The van der Waals surface area contributed by atoms with E-state index in [0.29, 0.717) is 5.56 Å². The van der Waals surface area contributed by atoms with E-state index in [9.17, 15) is 4.79 Å². The highest BCUT2D eigenvalue weighted by Crippen LogP contribution is 2.15. The van der Waals surface area contributed by atoms with Crippen LogP contribution in [0.25, 0.3) is 0 Å². The van der Waals surface area contributed by atoms with E-state index in [-0.39, 0.29) is 12.1 Å². The van der Waals surface area contributed by atoms with E-state index in [4.69, 9.17) is 4.74 Å². The van der Waals surface area contributed by atoms with Crippen molar-refractivity contribution in [1.82, 2.24) is 0 Å². The van der Waals surface area contributed by atoms with Crippen molar-refractivity contribution < 1.29 is 9.53 Å². The van der Waals surface area contributed by atoms with Crippen LogP contribution >= 0.6 is 0 Å². The quantitative estimate of drug-likeness (QED) is 0.291. The molecule has 2 heteroatoms. The van der Waals surface area contributed by atoms with Gasteiger partial charge in [-0.2, -0.15) is 0 Å². The molecular formula is C22H36O2. The molecule has 0 aliphatic rings. The van der Waals surface area contributed by atoms with Gasteiger partial charge in [-0.25, -0.2) is 4.79 Å². The van der Waals surface area contributed by atoms with Crippen molar-refractivity contribution in [3.05, 3.63) is 35.4 Å². The van der Waals surface area contributed by atoms with Crippen molar-refractivity contribution >= 4 is 5.97 Å². The van der Waals surface area contributed by atoms with Gasteiger partial charge in [-0.05, 0) is 38.3 Å². The third-order valence-electron chi connectivity index (χ3n) is 4.64. The summed E-state index contributed by atoms with van der Waals surface area (Å²) in [4.78, 5) is 12.1. The van der Waals surface area contributed by atoms with Gasteiger partial charge in [0.15, 0.2) is 0 Å². The topological polar surface area (TPSA) is 26.3 Å². The molecule has 0 amide bonds. The minimum atomic E-state index is -0.187. The molecule has 0 heterocycles. The first kappa shape index (κ1) is 20.7. The molecule has 0 spiro atoms. The van der Waals surface area contributed by atoms with Crippen LogP contribution in [0.1, 0.15) is 100 Å². The van der Waals surface area contributed by atoms with Crippen molar-refractivity contribution in [1.29, 1.82) is 0 Å². The molecule has 0 bridgehead atoms. The number of carbonyl (C=O) groups excluding carboxylic acids is 1. The Morgan fingerprint density at radius 3 is 2.04 bits per heavy atom. The van der Waals surface area contributed by atoms with Crippen LogP contribution in [0, 0.1) is 6.92 Å². The predicted molar refractivity (Wildman–Crippen MR) is 103 cm³/mol. The second kappa shape index (κ2) is 13.0. The zero-order valence-electron chi connectivity index (χ0n) is 16.0. The summed E-state index contributed by atoms with van der Waals surface area (Å²) in [6.07, 6.45) is 14.3. The fourth-order valence-corrected chi connectivity index (χ4v) is 3.03. The number of hydrogen-bond donors (Lipinski definition) is 0. The average molecular weight is 333 g/mol. The Kier molecular flexibility index (Phi) is 11.3. The molecule has 0 aliphatic carbocycles. The van der Waals surface area contributed by atoms with E-state index in [1.54, 1.807) is 0 Å². The molecule has 24 heavy (non-hydrogen) atoms. The second-order valence-electron chi connectivity index (χ2n) is 7.00. The molecule has 0 radical (unpaired) electrons. The Morgan fingerprint density at radius 2 is 1.46 bits per heavy atom. The number of aryl methyl sites for hydroxylation is 1. The Hall–Kier alpha value is -1.31. The van der Waals surface area contributed by atoms with Crippen molar-refractivity contribution in [2.75, 3.05) is 0 Å². The summed E-state index contributed by atoms with van der Waals surface area (Å²) < 4.78 is 5.56. The minimum absolute atomic E-state index is 0.00569. The second-order valence-corrected chi connectivity index (χ2v) is 7.00. The molecule has 0 fully saturated rings. The van der Waals surface area contributed by atoms with Crippen LogP contribution < -0.4 is 0 Å². The standard InChI is InChI=1S/C22H36O2/c1-4-5-6-7-8-9-10-11-12-13-17-20(3)24-22(23)21-18-15-14-16-19(21)2/h14-16,18,20H,4-13,17H2,1-3H3. The number of unbranched alkanes of at least 4 members (excludes halogenated alkanes) is 9. The Morgan fingerprint density at radius 1 is 0.917 bits per heavy atom. The summed E-state index contributed by atoms with van der Waals surface area (Å²) in [5, 5.41) is 0. The summed E-state index contributed by atoms with van der Waals surface area (Å²) in [6.45, 7) is 6.21. The first-order valence-electron chi connectivity index (χ1n) is 9.91. The van der Waals surface area contributed by atoms with Gasteiger partial charge in [-0.1, -0.05) is 82.9 Å². The lowest BCUT2D eigenvalue weighted by Gasteiger charge is -2.14. The SMILES string of the molecule is CCCCCCCCCCCCC(C)OC(=O)c1ccccc1C. The van der Waals surface area contributed by atoms with Gasteiger partial charge in [0.2, 0.25) is 0 Å². The molecule has 136 valence electrons. The molecule has 1 atom stereocenters. The van der Waals surface area contributed by atoms with E-state index in [1.165, 1.54) is 57.8 Å². The lowest BCUT2D eigenvalue weighted by atomic mass is 10.0. The van der Waals surface area contributed by atoms with Gasteiger partial charge < -0.3 is 4.74 Å². The maximum absolute atomic E-state index is 12.1. The number of esters is 1. The lowest BCUT2D eigenvalue weighted by molar-refractivity contribution is 0.0318. The Balaban J connectivity index is 2.03. The fraction of sp³-hybridized carbons (Fsp3) is 0.682. The predicted octanol–water partition coefficient (Wildman–Crippen LogP) is 6.85. The smallest absolute Gasteiger partial charge is 0.338 e. The largest absolute Gasteiger partial charge is 0.459 e. The third-order valence-corrected chi connectivity index (χ3v) is 4.64. The molecule has 1 aromatic carbocycles. The first-order chi connectivity index (χ1) is 11.6. The van der Waals surface area contributed by atoms with Crippen LogP contribution in [-0.4, -0.2) is 12.1 Å². The summed E-state index contributed by atoms with van der Waals surface area (Å²) in [6, 6.07) is 7.62. The molecule has 1 rings (SSSR count). The van der Waals surface area contributed by atoms with Gasteiger partial charge >= 0.3 is 5.97 Å². The minimum Gasteiger partial charge on any atom is -0.459 e. The normalized spacial score (nSPS) is 12.1. The number of hydrogen-bond acceptors (Lipinski definition) is 2. The Labute approximate surface area is 149 Å². The first-order valence-corrected chi connectivity index (χ1v) is 9.91. The number of ether oxygens (including phenoxy) is 1. The van der Waals surface area contributed by atoms with E-state index in [1.807, 2.05) is 38.1 Å². The van der Waals surface area contributed by atoms with Crippen LogP contribution in [0.3, 0.4) is 0 Å². The highest BCUT2D eigenvalue weighted by Gasteiger charge is 2.13. The molecule has 0 N–H and O–H groups in total. The van der Waals surface area contributed by atoms with Gasteiger partial charge in [0.25, 0.3) is 0 Å². The number of carbonyl (C=O) groups is 1. The van der Waals surface area contributed by atoms with Crippen LogP contribution in [0.5, 0.6) is 0 Å². The van der Waals surface area contributed by atoms with Crippen molar-refractivity contribution in [2.24, 2.45) is 0 Å². The van der Waals surface area contributed by atoms with E-state index < -0.39 is 0 Å².